The maximum Gasteiger partial charge on any atom is 0.238 e. The van der Waals surface area contributed by atoms with Crippen molar-refractivity contribution in [3.05, 3.63) is 29.8 Å². The van der Waals surface area contributed by atoms with Gasteiger partial charge in [-0.05, 0) is 18.1 Å². The molecule has 1 atom stereocenters. The van der Waals surface area contributed by atoms with Crippen LogP contribution in [0.5, 0.6) is 5.75 Å². The zero-order chi connectivity index (χ0) is 13.9. The van der Waals surface area contributed by atoms with Crippen molar-refractivity contribution in [3.8, 4) is 5.75 Å². The fraction of sp³-hybridized carbons (Fsp3) is 0.429. The smallest absolute Gasteiger partial charge is 0.238 e. The van der Waals surface area contributed by atoms with Gasteiger partial charge in [0.05, 0.1) is 6.61 Å². The highest BCUT2D eigenvalue weighted by Gasteiger charge is 2.19. The van der Waals surface area contributed by atoms with E-state index in [4.69, 9.17) is 4.74 Å². The molecule has 6 heteroatoms. The summed E-state index contributed by atoms with van der Waals surface area (Å²) in [6.07, 6.45) is 1.04. The number of hydrogen-bond donors (Lipinski definition) is 1. The number of ether oxygens (including phenoxy) is 1. The minimum atomic E-state index is 0.469. The number of anilines is 2. The fourth-order valence-corrected chi connectivity index (χ4v) is 2.87. The fourth-order valence-electron chi connectivity index (χ4n) is 2.22. The standard InChI is InChI=1S/C14H18N4OS/c1-18(2)13-16-14(20-17-13)15-8-10-7-11-5-3-4-6-12(11)19-9-10/h3-6,10H,7-9H2,1-2H3,(H,15,16,17)/t10-/m1/s1. The SMILES string of the molecule is CN(C)c1nsc(NC[C@@H]2COc3ccccc3C2)n1. The van der Waals surface area contributed by atoms with E-state index in [-0.39, 0.29) is 0 Å². The lowest BCUT2D eigenvalue weighted by atomic mass is 9.97. The molecular formula is C14H18N4OS. The van der Waals surface area contributed by atoms with Crippen LogP contribution in [0.2, 0.25) is 0 Å². The Morgan fingerprint density at radius 2 is 2.25 bits per heavy atom. The summed E-state index contributed by atoms with van der Waals surface area (Å²) in [5.41, 5.74) is 1.29. The average molecular weight is 290 g/mol. The molecule has 2 aromatic rings. The van der Waals surface area contributed by atoms with E-state index < -0.39 is 0 Å². The van der Waals surface area contributed by atoms with E-state index in [2.05, 4.69) is 26.8 Å². The normalized spacial score (nSPS) is 17.2. The molecule has 1 aromatic heterocycles. The molecular weight excluding hydrogens is 272 g/mol. The molecule has 1 aromatic carbocycles. The van der Waals surface area contributed by atoms with Crippen molar-refractivity contribution < 1.29 is 4.74 Å². The van der Waals surface area contributed by atoms with Gasteiger partial charge in [0, 0.05) is 38.1 Å². The lowest BCUT2D eigenvalue weighted by molar-refractivity contribution is 0.229. The van der Waals surface area contributed by atoms with Gasteiger partial charge in [0.25, 0.3) is 0 Å². The maximum absolute atomic E-state index is 5.79. The van der Waals surface area contributed by atoms with Crippen LogP contribution >= 0.6 is 11.5 Å². The highest BCUT2D eigenvalue weighted by molar-refractivity contribution is 7.09. The van der Waals surface area contributed by atoms with Crippen LogP contribution in [-0.2, 0) is 6.42 Å². The Kier molecular flexibility index (Phi) is 3.73. The van der Waals surface area contributed by atoms with Crippen LogP contribution < -0.4 is 15.0 Å². The van der Waals surface area contributed by atoms with Crippen molar-refractivity contribution in [3.63, 3.8) is 0 Å². The van der Waals surface area contributed by atoms with Crippen LogP contribution in [0.15, 0.2) is 24.3 Å². The Balaban J connectivity index is 1.57. The molecule has 1 N–H and O–H groups in total. The van der Waals surface area contributed by atoms with E-state index in [9.17, 15) is 0 Å². The summed E-state index contributed by atoms with van der Waals surface area (Å²) in [5, 5.41) is 4.23. The van der Waals surface area contributed by atoms with Gasteiger partial charge in [-0.3, -0.25) is 0 Å². The van der Waals surface area contributed by atoms with Crippen molar-refractivity contribution >= 4 is 22.6 Å². The molecule has 0 unspecified atom stereocenters. The highest BCUT2D eigenvalue weighted by Crippen LogP contribution is 2.27. The van der Waals surface area contributed by atoms with E-state index in [1.54, 1.807) is 0 Å². The third-order valence-electron chi connectivity index (χ3n) is 3.31. The lowest BCUT2D eigenvalue weighted by Gasteiger charge is -2.25. The Morgan fingerprint density at radius 3 is 3.05 bits per heavy atom. The van der Waals surface area contributed by atoms with Crippen LogP contribution in [0.1, 0.15) is 5.56 Å². The zero-order valence-corrected chi connectivity index (χ0v) is 12.5. The van der Waals surface area contributed by atoms with Crippen molar-refractivity contribution in [1.82, 2.24) is 9.36 Å². The molecule has 0 aliphatic carbocycles. The minimum absolute atomic E-state index is 0.469. The van der Waals surface area contributed by atoms with Crippen LogP contribution in [0, 0.1) is 5.92 Å². The molecule has 1 aliphatic heterocycles. The molecule has 5 nitrogen and oxygen atoms in total. The topological polar surface area (TPSA) is 50.3 Å². The second-order valence-corrected chi connectivity index (χ2v) is 5.92. The maximum atomic E-state index is 5.79. The molecule has 0 spiro atoms. The first kappa shape index (κ1) is 13.2. The Bertz CT molecular complexity index is 584. The molecule has 0 saturated heterocycles. The van der Waals surface area contributed by atoms with Gasteiger partial charge in [-0.1, -0.05) is 18.2 Å². The first-order valence-corrected chi connectivity index (χ1v) is 7.45. The van der Waals surface area contributed by atoms with E-state index in [0.717, 1.165) is 36.4 Å². The molecule has 3 rings (SSSR count). The monoisotopic (exact) mass is 290 g/mol. The Morgan fingerprint density at radius 1 is 1.40 bits per heavy atom. The molecule has 2 heterocycles. The largest absolute Gasteiger partial charge is 0.493 e. The molecule has 0 saturated carbocycles. The number of fused-ring (bicyclic) bond motifs is 1. The lowest BCUT2D eigenvalue weighted by Crippen LogP contribution is -2.27. The number of hydrogen-bond acceptors (Lipinski definition) is 6. The van der Waals surface area contributed by atoms with Gasteiger partial charge >= 0.3 is 0 Å². The number of aromatic nitrogens is 2. The Hall–Kier alpha value is -1.82. The summed E-state index contributed by atoms with van der Waals surface area (Å²) in [7, 11) is 3.88. The van der Waals surface area contributed by atoms with Gasteiger partial charge in [0.2, 0.25) is 11.1 Å². The first-order valence-electron chi connectivity index (χ1n) is 6.68. The van der Waals surface area contributed by atoms with Crippen LogP contribution in [0.3, 0.4) is 0 Å². The van der Waals surface area contributed by atoms with Crippen LogP contribution in [0.4, 0.5) is 11.1 Å². The average Bonchev–Trinajstić information content (AvgIpc) is 2.94. The van der Waals surface area contributed by atoms with Gasteiger partial charge in [-0.25, -0.2) is 0 Å². The van der Waals surface area contributed by atoms with Crippen molar-refractivity contribution in [2.75, 3.05) is 37.5 Å². The quantitative estimate of drug-likeness (QED) is 0.936. The summed E-state index contributed by atoms with van der Waals surface area (Å²) in [6.45, 7) is 1.61. The van der Waals surface area contributed by atoms with Crippen molar-refractivity contribution in [1.29, 1.82) is 0 Å². The number of rotatable bonds is 4. The van der Waals surface area contributed by atoms with E-state index in [0.29, 0.717) is 5.92 Å². The van der Waals surface area contributed by atoms with Gasteiger partial charge in [0.1, 0.15) is 5.75 Å². The number of benzene rings is 1. The first-order chi connectivity index (χ1) is 9.72. The van der Waals surface area contributed by atoms with Gasteiger partial charge in [0.15, 0.2) is 0 Å². The van der Waals surface area contributed by atoms with E-state index in [1.807, 2.05) is 31.1 Å². The summed E-state index contributed by atoms with van der Waals surface area (Å²) in [5.74, 6) is 2.24. The molecule has 106 valence electrons. The summed E-state index contributed by atoms with van der Waals surface area (Å²) in [6, 6.07) is 8.25. The number of nitrogens with one attached hydrogen (secondary N) is 1. The number of nitrogens with zero attached hydrogens (tertiary/aromatic N) is 3. The molecule has 0 radical (unpaired) electrons. The molecule has 0 bridgehead atoms. The molecule has 1 aliphatic rings. The van der Waals surface area contributed by atoms with Gasteiger partial charge in [-0.2, -0.15) is 9.36 Å². The highest BCUT2D eigenvalue weighted by atomic mass is 32.1. The molecule has 20 heavy (non-hydrogen) atoms. The van der Waals surface area contributed by atoms with E-state index >= 15 is 0 Å². The van der Waals surface area contributed by atoms with Gasteiger partial charge in [-0.15, -0.1) is 0 Å². The van der Waals surface area contributed by atoms with Crippen LogP contribution in [-0.4, -0.2) is 36.6 Å². The summed E-state index contributed by atoms with van der Waals surface area (Å²) in [4.78, 5) is 6.32. The van der Waals surface area contributed by atoms with Gasteiger partial charge < -0.3 is 15.0 Å². The van der Waals surface area contributed by atoms with Crippen molar-refractivity contribution in [2.24, 2.45) is 5.92 Å². The summed E-state index contributed by atoms with van der Waals surface area (Å²) >= 11 is 1.40. The summed E-state index contributed by atoms with van der Waals surface area (Å²) < 4.78 is 10.1. The zero-order valence-electron chi connectivity index (χ0n) is 11.7. The minimum Gasteiger partial charge on any atom is -0.493 e. The Labute approximate surface area is 122 Å². The second kappa shape index (κ2) is 5.66. The van der Waals surface area contributed by atoms with Crippen molar-refractivity contribution in [2.45, 2.75) is 6.42 Å². The molecule has 0 fully saturated rings. The second-order valence-electron chi connectivity index (χ2n) is 5.16. The van der Waals surface area contributed by atoms with Crippen LogP contribution in [0.25, 0.3) is 0 Å². The molecule has 0 amide bonds. The third-order valence-corrected chi connectivity index (χ3v) is 3.98. The predicted molar refractivity (Wildman–Crippen MR) is 81.9 cm³/mol. The number of para-hydroxylation sites is 1. The van der Waals surface area contributed by atoms with E-state index in [1.165, 1.54) is 17.1 Å². The predicted octanol–water partition coefficient (Wildman–Crippen LogP) is 2.27. The third kappa shape index (κ3) is 2.85.